The van der Waals surface area contributed by atoms with Crippen LogP contribution >= 0.6 is 0 Å². The van der Waals surface area contributed by atoms with Gasteiger partial charge < -0.3 is 4.74 Å². The quantitative estimate of drug-likeness (QED) is 0.711. The van der Waals surface area contributed by atoms with Gasteiger partial charge in [-0.2, -0.15) is 0 Å². The lowest BCUT2D eigenvalue weighted by molar-refractivity contribution is 0.415. The summed E-state index contributed by atoms with van der Waals surface area (Å²) in [5.41, 5.74) is 3.72. The molecular formula is C16H16O. The van der Waals surface area contributed by atoms with Gasteiger partial charge in [0.2, 0.25) is 0 Å². The number of methoxy groups -OCH3 is 1. The fraction of sp³-hybridized carbons (Fsp3) is 0.125. The number of hydrogen-bond acceptors (Lipinski definition) is 1. The van der Waals surface area contributed by atoms with E-state index in [1.165, 1.54) is 16.7 Å². The van der Waals surface area contributed by atoms with Gasteiger partial charge in [-0.1, -0.05) is 48.6 Å². The molecule has 0 aliphatic rings. The highest BCUT2D eigenvalue weighted by Crippen LogP contribution is 2.15. The molecule has 0 aromatic heterocycles. The lowest BCUT2D eigenvalue weighted by Gasteiger charge is -2.00. The summed E-state index contributed by atoms with van der Waals surface area (Å²) in [6.07, 6.45) is 4.25. The number of hydrogen-bond donors (Lipinski definition) is 0. The molecule has 0 unspecified atom stereocenters. The lowest BCUT2D eigenvalue weighted by atomic mass is 10.1. The Kier molecular flexibility index (Phi) is 3.61. The SMILES string of the molecule is COc1ccc(C=Cc2ccccc2C)cc1. The summed E-state index contributed by atoms with van der Waals surface area (Å²) < 4.78 is 5.13. The fourth-order valence-electron chi connectivity index (χ4n) is 1.67. The standard InChI is InChI=1S/C16H16O/c1-13-5-3-4-6-15(13)10-7-14-8-11-16(17-2)12-9-14/h3-12H,1-2H3. The molecule has 0 fully saturated rings. The second kappa shape index (κ2) is 5.35. The summed E-state index contributed by atoms with van der Waals surface area (Å²) in [5, 5.41) is 0. The highest BCUT2D eigenvalue weighted by atomic mass is 16.5. The zero-order valence-electron chi connectivity index (χ0n) is 10.2. The first-order chi connectivity index (χ1) is 8.29. The van der Waals surface area contributed by atoms with Crippen LogP contribution in [-0.2, 0) is 0 Å². The Hall–Kier alpha value is -2.02. The van der Waals surface area contributed by atoms with Crippen LogP contribution in [0.4, 0.5) is 0 Å². The molecule has 2 aromatic rings. The van der Waals surface area contributed by atoms with E-state index in [-0.39, 0.29) is 0 Å². The highest BCUT2D eigenvalue weighted by molar-refractivity contribution is 5.71. The van der Waals surface area contributed by atoms with E-state index in [9.17, 15) is 0 Å². The summed E-state index contributed by atoms with van der Waals surface area (Å²) in [7, 11) is 1.68. The number of rotatable bonds is 3. The van der Waals surface area contributed by atoms with Gasteiger partial charge in [-0.05, 0) is 35.7 Å². The van der Waals surface area contributed by atoms with E-state index in [0.717, 1.165) is 5.75 Å². The number of aryl methyl sites for hydroxylation is 1. The van der Waals surface area contributed by atoms with Crippen molar-refractivity contribution in [2.24, 2.45) is 0 Å². The molecular weight excluding hydrogens is 208 g/mol. The maximum absolute atomic E-state index is 5.13. The van der Waals surface area contributed by atoms with Gasteiger partial charge >= 0.3 is 0 Å². The predicted molar refractivity (Wildman–Crippen MR) is 73.1 cm³/mol. The Balaban J connectivity index is 2.17. The third kappa shape index (κ3) is 2.97. The van der Waals surface area contributed by atoms with Crippen LogP contribution in [0.5, 0.6) is 5.75 Å². The monoisotopic (exact) mass is 224 g/mol. The van der Waals surface area contributed by atoms with Crippen molar-refractivity contribution in [3.8, 4) is 5.75 Å². The summed E-state index contributed by atoms with van der Waals surface area (Å²) in [6.45, 7) is 2.12. The molecule has 0 radical (unpaired) electrons. The van der Waals surface area contributed by atoms with Gasteiger partial charge in [0.15, 0.2) is 0 Å². The Bertz CT molecular complexity index is 509. The summed E-state index contributed by atoms with van der Waals surface area (Å²) >= 11 is 0. The second-order valence-electron chi connectivity index (χ2n) is 3.96. The first-order valence-corrected chi connectivity index (χ1v) is 5.67. The van der Waals surface area contributed by atoms with Gasteiger partial charge in [0, 0.05) is 0 Å². The topological polar surface area (TPSA) is 9.23 Å². The predicted octanol–water partition coefficient (Wildman–Crippen LogP) is 4.17. The molecule has 0 aliphatic carbocycles. The zero-order chi connectivity index (χ0) is 12.1. The molecule has 0 saturated heterocycles. The van der Waals surface area contributed by atoms with E-state index >= 15 is 0 Å². The molecule has 0 N–H and O–H groups in total. The Morgan fingerprint density at radius 2 is 1.59 bits per heavy atom. The average molecular weight is 224 g/mol. The van der Waals surface area contributed by atoms with Gasteiger partial charge in [-0.3, -0.25) is 0 Å². The van der Waals surface area contributed by atoms with Gasteiger partial charge in [0.25, 0.3) is 0 Å². The van der Waals surface area contributed by atoms with Gasteiger partial charge in [0.1, 0.15) is 5.75 Å². The average Bonchev–Trinajstić information content (AvgIpc) is 2.38. The van der Waals surface area contributed by atoms with Crippen molar-refractivity contribution in [3.05, 3.63) is 65.2 Å². The van der Waals surface area contributed by atoms with Crippen LogP contribution in [0.1, 0.15) is 16.7 Å². The molecule has 86 valence electrons. The van der Waals surface area contributed by atoms with Crippen LogP contribution in [0.15, 0.2) is 48.5 Å². The molecule has 0 aliphatic heterocycles. The van der Waals surface area contributed by atoms with Crippen molar-refractivity contribution in [2.75, 3.05) is 7.11 Å². The van der Waals surface area contributed by atoms with Crippen LogP contribution in [0.2, 0.25) is 0 Å². The normalized spacial score (nSPS) is 10.7. The van der Waals surface area contributed by atoms with E-state index in [2.05, 4.69) is 43.3 Å². The molecule has 0 atom stereocenters. The lowest BCUT2D eigenvalue weighted by Crippen LogP contribution is -1.81. The summed E-state index contributed by atoms with van der Waals surface area (Å²) in [5.74, 6) is 0.887. The summed E-state index contributed by atoms with van der Waals surface area (Å²) in [6, 6.07) is 16.4. The van der Waals surface area contributed by atoms with Gasteiger partial charge in [-0.25, -0.2) is 0 Å². The third-order valence-electron chi connectivity index (χ3n) is 2.76. The molecule has 1 nitrogen and oxygen atoms in total. The molecule has 2 rings (SSSR count). The first-order valence-electron chi connectivity index (χ1n) is 5.67. The zero-order valence-corrected chi connectivity index (χ0v) is 10.2. The molecule has 0 heterocycles. The first kappa shape index (κ1) is 11.5. The molecule has 17 heavy (non-hydrogen) atoms. The Morgan fingerprint density at radius 3 is 2.24 bits per heavy atom. The smallest absolute Gasteiger partial charge is 0.118 e. The van der Waals surface area contributed by atoms with E-state index in [1.54, 1.807) is 7.11 Å². The minimum atomic E-state index is 0.887. The fourth-order valence-corrected chi connectivity index (χ4v) is 1.67. The van der Waals surface area contributed by atoms with E-state index < -0.39 is 0 Å². The highest BCUT2D eigenvalue weighted by Gasteiger charge is 1.92. The third-order valence-corrected chi connectivity index (χ3v) is 2.76. The van der Waals surface area contributed by atoms with Gasteiger partial charge in [0.05, 0.1) is 7.11 Å². The number of benzene rings is 2. The summed E-state index contributed by atoms with van der Waals surface area (Å²) in [4.78, 5) is 0. The van der Waals surface area contributed by atoms with Crippen LogP contribution < -0.4 is 4.74 Å². The largest absolute Gasteiger partial charge is 0.497 e. The van der Waals surface area contributed by atoms with E-state index in [0.29, 0.717) is 0 Å². The van der Waals surface area contributed by atoms with E-state index in [1.807, 2.05) is 24.3 Å². The van der Waals surface area contributed by atoms with Crippen LogP contribution in [-0.4, -0.2) is 7.11 Å². The molecule has 0 spiro atoms. The Morgan fingerprint density at radius 1 is 0.882 bits per heavy atom. The van der Waals surface area contributed by atoms with Crippen molar-refractivity contribution < 1.29 is 4.74 Å². The minimum absolute atomic E-state index is 0.887. The van der Waals surface area contributed by atoms with Gasteiger partial charge in [-0.15, -0.1) is 0 Å². The second-order valence-corrected chi connectivity index (χ2v) is 3.96. The molecule has 1 heteroatoms. The molecule has 0 saturated carbocycles. The minimum Gasteiger partial charge on any atom is -0.497 e. The van der Waals surface area contributed by atoms with Crippen molar-refractivity contribution in [1.82, 2.24) is 0 Å². The van der Waals surface area contributed by atoms with Crippen LogP contribution in [0.25, 0.3) is 12.2 Å². The number of ether oxygens (including phenoxy) is 1. The maximum Gasteiger partial charge on any atom is 0.118 e. The maximum atomic E-state index is 5.13. The molecule has 0 bridgehead atoms. The van der Waals surface area contributed by atoms with Crippen LogP contribution in [0, 0.1) is 6.92 Å². The molecule has 0 amide bonds. The van der Waals surface area contributed by atoms with Crippen molar-refractivity contribution in [3.63, 3.8) is 0 Å². The van der Waals surface area contributed by atoms with E-state index in [4.69, 9.17) is 4.74 Å². The molecule has 2 aromatic carbocycles. The van der Waals surface area contributed by atoms with Crippen molar-refractivity contribution >= 4 is 12.2 Å². The van der Waals surface area contributed by atoms with Crippen molar-refractivity contribution in [1.29, 1.82) is 0 Å². The Labute approximate surface area is 102 Å². The van der Waals surface area contributed by atoms with Crippen molar-refractivity contribution in [2.45, 2.75) is 6.92 Å². The van der Waals surface area contributed by atoms with Crippen LogP contribution in [0.3, 0.4) is 0 Å².